The SMILES string of the molecule is CC(C)c1ccc(CC(=O)OCC2CC[C@H]3[C@@H]4CCC5N(C)C(=O)CC[C@]5(C)[C@@H]4CC[C@]23C)cc1. The lowest BCUT2D eigenvalue weighted by molar-refractivity contribution is -0.160. The summed E-state index contributed by atoms with van der Waals surface area (Å²) in [7, 11) is 2.04. The largest absolute Gasteiger partial charge is 0.465 e. The van der Waals surface area contributed by atoms with Gasteiger partial charge in [-0.15, -0.1) is 0 Å². The monoisotopic (exact) mass is 479 g/mol. The maximum Gasteiger partial charge on any atom is 0.310 e. The molecule has 1 aromatic rings. The molecule has 0 N–H and O–H groups in total. The van der Waals surface area contributed by atoms with Crippen molar-refractivity contribution in [2.75, 3.05) is 13.7 Å². The zero-order chi connectivity index (χ0) is 25.0. The third-order valence-corrected chi connectivity index (χ3v) is 11.2. The van der Waals surface area contributed by atoms with E-state index in [2.05, 4.69) is 56.9 Å². The first kappa shape index (κ1) is 24.8. The quantitative estimate of drug-likeness (QED) is 0.461. The van der Waals surface area contributed by atoms with Crippen molar-refractivity contribution in [2.45, 2.75) is 97.4 Å². The predicted octanol–water partition coefficient (Wildman–Crippen LogP) is 6.38. The second kappa shape index (κ2) is 9.23. The molecule has 0 radical (unpaired) electrons. The summed E-state index contributed by atoms with van der Waals surface area (Å²) in [6, 6.07) is 8.81. The Labute approximate surface area is 212 Å². The topological polar surface area (TPSA) is 46.6 Å². The van der Waals surface area contributed by atoms with Gasteiger partial charge < -0.3 is 9.64 Å². The van der Waals surface area contributed by atoms with Crippen molar-refractivity contribution in [3.05, 3.63) is 35.4 Å². The fourth-order valence-corrected chi connectivity index (χ4v) is 8.96. The van der Waals surface area contributed by atoms with Crippen LogP contribution in [0.3, 0.4) is 0 Å². The molecule has 3 aliphatic carbocycles. The van der Waals surface area contributed by atoms with E-state index in [1.54, 1.807) is 0 Å². The molecule has 1 amide bonds. The Hall–Kier alpha value is -1.84. The van der Waals surface area contributed by atoms with Crippen LogP contribution < -0.4 is 0 Å². The van der Waals surface area contributed by atoms with Crippen LogP contribution in [0.15, 0.2) is 24.3 Å². The Bertz CT molecular complexity index is 954. The summed E-state index contributed by atoms with van der Waals surface area (Å²) in [5.41, 5.74) is 2.89. The van der Waals surface area contributed by atoms with E-state index in [0.717, 1.165) is 36.2 Å². The van der Waals surface area contributed by atoms with Gasteiger partial charge in [0.1, 0.15) is 0 Å². The minimum atomic E-state index is -0.0917. The van der Waals surface area contributed by atoms with Gasteiger partial charge in [0.05, 0.1) is 13.0 Å². The van der Waals surface area contributed by atoms with E-state index >= 15 is 0 Å². The van der Waals surface area contributed by atoms with Crippen LogP contribution in [0.2, 0.25) is 0 Å². The lowest BCUT2D eigenvalue weighted by Crippen LogP contribution is -2.61. The van der Waals surface area contributed by atoms with E-state index in [4.69, 9.17) is 4.74 Å². The summed E-state index contributed by atoms with van der Waals surface area (Å²) in [4.78, 5) is 27.2. The average Bonchev–Trinajstić information content (AvgIpc) is 3.17. The van der Waals surface area contributed by atoms with Gasteiger partial charge >= 0.3 is 5.97 Å². The average molecular weight is 480 g/mol. The molecule has 7 atom stereocenters. The minimum Gasteiger partial charge on any atom is -0.465 e. The molecule has 1 aliphatic heterocycles. The summed E-state index contributed by atoms with van der Waals surface area (Å²) in [5, 5.41) is 0. The van der Waals surface area contributed by atoms with Gasteiger partial charge in [0.25, 0.3) is 0 Å². The van der Waals surface area contributed by atoms with E-state index < -0.39 is 0 Å². The first-order valence-electron chi connectivity index (χ1n) is 14.1. The number of esters is 1. The standard InChI is InChI=1S/C31H45NO3/c1-20(2)22-8-6-21(7-9-22)18-29(34)35-19-23-10-12-25-24-11-13-27-31(4,17-15-28(33)32(27)5)26(24)14-16-30(23,25)3/h6-9,20,23-27H,10-19H2,1-5H3/t23?,24-,25-,26+,27?,30+,31+/m0/s1. The first-order chi connectivity index (χ1) is 16.6. The van der Waals surface area contributed by atoms with E-state index in [1.165, 1.54) is 37.7 Å². The lowest BCUT2D eigenvalue weighted by Gasteiger charge is -2.61. The smallest absolute Gasteiger partial charge is 0.310 e. The van der Waals surface area contributed by atoms with Gasteiger partial charge in [-0.25, -0.2) is 0 Å². The number of fused-ring (bicyclic) bond motifs is 5. The number of likely N-dealkylation sites (tertiary alicyclic amines) is 1. The molecule has 0 spiro atoms. The third kappa shape index (κ3) is 4.23. The van der Waals surface area contributed by atoms with Crippen molar-refractivity contribution >= 4 is 11.9 Å². The van der Waals surface area contributed by atoms with Crippen molar-refractivity contribution in [3.63, 3.8) is 0 Å². The molecule has 3 saturated carbocycles. The summed E-state index contributed by atoms with van der Waals surface area (Å²) in [6.07, 6.45) is 9.49. The summed E-state index contributed by atoms with van der Waals surface area (Å²) >= 11 is 0. The second-order valence-electron chi connectivity index (χ2n) is 13.1. The fourth-order valence-electron chi connectivity index (χ4n) is 8.96. The van der Waals surface area contributed by atoms with Crippen LogP contribution in [0.25, 0.3) is 0 Å². The molecular formula is C31H45NO3. The highest BCUT2D eigenvalue weighted by Gasteiger charge is 2.61. The normalized spacial score (nSPS) is 38.6. The molecular weight excluding hydrogens is 434 g/mol. The van der Waals surface area contributed by atoms with E-state index in [0.29, 0.717) is 43.2 Å². The molecule has 0 aromatic heterocycles. The maximum atomic E-state index is 12.7. The molecule has 4 aliphatic rings. The summed E-state index contributed by atoms with van der Waals surface area (Å²) < 4.78 is 5.91. The van der Waals surface area contributed by atoms with Crippen molar-refractivity contribution in [1.29, 1.82) is 0 Å². The van der Waals surface area contributed by atoms with Gasteiger partial charge in [-0.1, -0.05) is 52.0 Å². The Kier molecular flexibility index (Phi) is 6.55. The molecule has 192 valence electrons. The number of amides is 1. The van der Waals surface area contributed by atoms with Gasteiger partial charge in [-0.3, -0.25) is 9.59 Å². The third-order valence-electron chi connectivity index (χ3n) is 11.2. The number of hydrogen-bond acceptors (Lipinski definition) is 3. The minimum absolute atomic E-state index is 0.0917. The number of nitrogens with zero attached hydrogens (tertiary/aromatic N) is 1. The Morgan fingerprint density at radius 2 is 1.71 bits per heavy atom. The highest BCUT2D eigenvalue weighted by molar-refractivity contribution is 5.77. The van der Waals surface area contributed by atoms with E-state index in [9.17, 15) is 9.59 Å². The van der Waals surface area contributed by atoms with E-state index in [1.807, 2.05) is 7.05 Å². The molecule has 4 heteroatoms. The van der Waals surface area contributed by atoms with Crippen LogP contribution in [0.4, 0.5) is 0 Å². The number of benzene rings is 1. The molecule has 4 nitrogen and oxygen atoms in total. The number of rotatable bonds is 5. The maximum absolute atomic E-state index is 12.7. The van der Waals surface area contributed by atoms with Crippen LogP contribution in [0.5, 0.6) is 0 Å². The van der Waals surface area contributed by atoms with Crippen LogP contribution in [-0.4, -0.2) is 36.5 Å². The second-order valence-corrected chi connectivity index (χ2v) is 13.1. The molecule has 5 rings (SSSR count). The zero-order valence-electron chi connectivity index (χ0n) is 22.5. The molecule has 1 heterocycles. The highest BCUT2D eigenvalue weighted by atomic mass is 16.5. The number of hydrogen-bond donors (Lipinski definition) is 0. The molecule has 0 bridgehead atoms. The highest BCUT2D eigenvalue weighted by Crippen LogP contribution is 2.66. The number of ether oxygens (including phenoxy) is 1. The van der Waals surface area contributed by atoms with Crippen LogP contribution in [0, 0.1) is 34.5 Å². The van der Waals surface area contributed by atoms with Crippen molar-refractivity contribution < 1.29 is 14.3 Å². The van der Waals surface area contributed by atoms with Gasteiger partial charge in [0, 0.05) is 19.5 Å². The fraction of sp³-hybridized carbons (Fsp3) is 0.742. The van der Waals surface area contributed by atoms with Crippen molar-refractivity contribution in [1.82, 2.24) is 4.90 Å². The van der Waals surface area contributed by atoms with Crippen molar-refractivity contribution in [2.24, 2.45) is 34.5 Å². The van der Waals surface area contributed by atoms with Gasteiger partial charge in [0.15, 0.2) is 0 Å². The van der Waals surface area contributed by atoms with Crippen molar-refractivity contribution in [3.8, 4) is 0 Å². The molecule has 35 heavy (non-hydrogen) atoms. The Morgan fingerprint density at radius 1 is 1.00 bits per heavy atom. The summed E-state index contributed by atoms with van der Waals surface area (Å²) in [5.74, 6) is 3.44. The van der Waals surface area contributed by atoms with Crippen LogP contribution in [-0.2, 0) is 20.7 Å². The number of carbonyl (C=O) groups is 2. The van der Waals surface area contributed by atoms with Crippen LogP contribution >= 0.6 is 0 Å². The summed E-state index contributed by atoms with van der Waals surface area (Å²) in [6.45, 7) is 9.93. The van der Waals surface area contributed by atoms with Crippen LogP contribution in [0.1, 0.15) is 96.1 Å². The lowest BCUT2D eigenvalue weighted by atomic mass is 9.47. The Balaban J connectivity index is 1.21. The van der Waals surface area contributed by atoms with Gasteiger partial charge in [0.2, 0.25) is 5.91 Å². The molecule has 4 fully saturated rings. The first-order valence-corrected chi connectivity index (χ1v) is 14.1. The molecule has 1 aromatic carbocycles. The molecule has 2 unspecified atom stereocenters. The van der Waals surface area contributed by atoms with Gasteiger partial charge in [-0.2, -0.15) is 0 Å². The number of carbonyl (C=O) groups excluding carboxylic acids is 2. The molecule has 1 saturated heterocycles. The predicted molar refractivity (Wildman–Crippen MR) is 139 cm³/mol. The zero-order valence-corrected chi connectivity index (χ0v) is 22.5. The van der Waals surface area contributed by atoms with Gasteiger partial charge in [-0.05, 0) is 96.5 Å². The number of piperidine rings is 1. The van der Waals surface area contributed by atoms with E-state index in [-0.39, 0.29) is 16.8 Å². The Morgan fingerprint density at radius 3 is 2.43 bits per heavy atom.